The summed E-state index contributed by atoms with van der Waals surface area (Å²) in [6.07, 6.45) is 3.39. The Morgan fingerprint density at radius 3 is 2.70 bits per heavy atom. The number of rotatable bonds is 8. The maximum Gasteiger partial charge on any atom is 0.408 e. The van der Waals surface area contributed by atoms with Gasteiger partial charge in [-0.1, -0.05) is 50.1 Å². The zero-order valence-corrected chi connectivity index (χ0v) is 16.7. The molecule has 4 aromatic rings. The second kappa shape index (κ2) is 8.36. The molecule has 0 aliphatic heterocycles. The molecule has 0 spiro atoms. The van der Waals surface area contributed by atoms with Crippen LogP contribution >= 0.6 is 0 Å². The molecule has 0 saturated heterocycles. The number of aryl methyl sites for hydroxylation is 1. The van der Waals surface area contributed by atoms with E-state index < -0.39 is 6.09 Å². The van der Waals surface area contributed by atoms with Gasteiger partial charge in [0, 0.05) is 13.1 Å². The van der Waals surface area contributed by atoms with E-state index in [0.29, 0.717) is 23.5 Å². The van der Waals surface area contributed by atoms with Crippen LogP contribution in [-0.4, -0.2) is 45.2 Å². The molecule has 1 amide bonds. The van der Waals surface area contributed by atoms with Crippen molar-refractivity contribution in [2.75, 3.05) is 0 Å². The molecule has 3 aromatic heterocycles. The van der Waals surface area contributed by atoms with E-state index in [-0.39, 0.29) is 24.5 Å². The van der Waals surface area contributed by atoms with Crippen LogP contribution in [0.15, 0.2) is 41.5 Å². The Bertz CT molecular complexity index is 1230. The van der Waals surface area contributed by atoms with Crippen molar-refractivity contribution in [2.45, 2.75) is 45.8 Å². The molecule has 0 aliphatic rings. The molecule has 0 fully saturated rings. The van der Waals surface area contributed by atoms with Gasteiger partial charge in [0.2, 0.25) is 5.78 Å². The molecule has 0 saturated carbocycles. The van der Waals surface area contributed by atoms with E-state index in [9.17, 15) is 14.7 Å². The summed E-state index contributed by atoms with van der Waals surface area (Å²) in [7, 11) is 0. The number of aromatic amines is 1. The fourth-order valence-corrected chi connectivity index (χ4v) is 3.54. The van der Waals surface area contributed by atoms with Gasteiger partial charge in [0.25, 0.3) is 5.56 Å². The number of unbranched alkanes of at least 4 members (excludes halogenated alkanes) is 2. The molecular formula is C20H23N7O3. The molecule has 30 heavy (non-hydrogen) atoms. The summed E-state index contributed by atoms with van der Waals surface area (Å²) in [5, 5.41) is 18.0. The number of hydrogen-bond donors (Lipinski definition) is 2. The third-order valence-corrected chi connectivity index (χ3v) is 5.05. The summed E-state index contributed by atoms with van der Waals surface area (Å²) in [6.45, 7) is 2.88. The number of imidazole rings is 1. The van der Waals surface area contributed by atoms with Gasteiger partial charge in [0.1, 0.15) is 5.52 Å². The number of aromatic nitrogens is 6. The third-order valence-electron chi connectivity index (χ3n) is 5.05. The molecule has 1 aromatic carbocycles. The number of hydrogen-bond acceptors (Lipinski definition) is 5. The molecule has 2 N–H and O–H groups in total. The minimum absolute atomic E-state index is 0.0603. The molecule has 0 radical (unpaired) electrons. The third kappa shape index (κ3) is 3.63. The molecule has 10 heteroatoms. The second-order valence-electron chi connectivity index (χ2n) is 7.14. The molecule has 0 unspecified atom stereocenters. The second-order valence-corrected chi connectivity index (χ2v) is 7.14. The van der Waals surface area contributed by atoms with E-state index in [2.05, 4.69) is 27.1 Å². The van der Waals surface area contributed by atoms with Gasteiger partial charge < -0.3 is 10.1 Å². The Morgan fingerprint density at radius 2 is 1.97 bits per heavy atom. The van der Waals surface area contributed by atoms with Gasteiger partial charge in [0.05, 0.1) is 12.9 Å². The number of nitrogens with zero attached hydrogens (tertiary/aromatic N) is 6. The summed E-state index contributed by atoms with van der Waals surface area (Å²) < 4.78 is 3.25. The highest BCUT2D eigenvalue weighted by atomic mass is 16.4. The summed E-state index contributed by atoms with van der Waals surface area (Å²) in [6, 6.07) is 9.29. The van der Waals surface area contributed by atoms with E-state index in [1.165, 1.54) is 15.6 Å². The van der Waals surface area contributed by atoms with E-state index in [1.54, 1.807) is 0 Å². The molecule has 0 bridgehead atoms. The maximum atomic E-state index is 13.1. The van der Waals surface area contributed by atoms with Gasteiger partial charge in [0.15, 0.2) is 11.5 Å². The molecular weight excluding hydrogens is 386 g/mol. The van der Waals surface area contributed by atoms with Crippen LogP contribution in [0.3, 0.4) is 0 Å². The number of H-pyrrole nitrogens is 1. The average molecular weight is 409 g/mol. The molecule has 0 aliphatic carbocycles. The lowest BCUT2D eigenvalue weighted by Crippen LogP contribution is -2.31. The molecule has 10 nitrogen and oxygen atoms in total. The van der Waals surface area contributed by atoms with Crippen LogP contribution < -0.4 is 5.56 Å². The Hall–Kier alpha value is -3.69. The van der Waals surface area contributed by atoms with Crippen LogP contribution in [0, 0.1) is 0 Å². The van der Waals surface area contributed by atoms with Crippen LogP contribution in [0.25, 0.3) is 16.9 Å². The molecule has 0 atom stereocenters. The number of benzene rings is 1. The van der Waals surface area contributed by atoms with Crippen molar-refractivity contribution in [3.05, 3.63) is 58.4 Å². The fraction of sp³-hybridized carbons (Fsp3) is 0.350. The number of amides is 1. The van der Waals surface area contributed by atoms with Gasteiger partial charge >= 0.3 is 6.09 Å². The predicted molar refractivity (Wildman–Crippen MR) is 110 cm³/mol. The highest BCUT2D eigenvalue weighted by molar-refractivity contribution is 5.72. The molecule has 156 valence electrons. The van der Waals surface area contributed by atoms with Crippen molar-refractivity contribution in [2.24, 2.45) is 0 Å². The number of carbonyl (C=O) groups is 1. The monoisotopic (exact) mass is 409 g/mol. The minimum Gasteiger partial charge on any atom is -0.465 e. The largest absolute Gasteiger partial charge is 0.465 e. The first-order chi connectivity index (χ1) is 14.6. The van der Waals surface area contributed by atoms with Crippen molar-refractivity contribution >= 4 is 23.0 Å². The first kappa shape index (κ1) is 19.6. The van der Waals surface area contributed by atoms with Crippen molar-refractivity contribution in [3.63, 3.8) is 0 Å². The zero-order chi connectivity index (χ0) is 21.1. The molecule has 4 rings (SSSR count). The van der Waals surface area contributed by atoms with Crippen molar-refractivity contribution < 1.29 is 9.90 Å². The van der Waals surface area contributed by atoms with Crippen LogP contribution in [-0.2, 0) is 19.6 Å². The SMILES string of the molecule is CCCCCn1c2nc[nH]c2c(=O)n2c(CN(Cc3ccccc3)C(=O)O)nnc12. The summed E-state index contributed by atoms with van der Waals surface area (Å²) in [4.78, 5) is 33.3. The highest BCUT2D eigenvalue weighted by Crippen LogP contribution is 2.14. The van der Waals surface area contributed by atoms with Gasteiger partial charge in [-0.05, 0) is 12.0 Å². The highest BCUT2D eigenvalue weighted by Gasteiger charge is 2.21. The van der Waals surface area contributed by atoms with Crippen LogP contribution in [0.2, 0.25) is 0 Å². The van der Waals surface area contributed by atoms with Crippen LogP contribution in [0.5, 0.6) is 0 Å². The zero-order valence-electron chi connectivity index (χ0n) is 16.7. The lowest BCUT2D eigenvalue weighted by molar-refractivity contribution is 0.138. The summed E-state index contributed by atoms with van der Waals surface area (Å²) in [5.74, 6) is 0.643. The van der Waals surface area contributed by atoms with Crippen molar-refractivity contribution in [1.82, 2.24) is 34.0 Å². The predicted octanol–water partition coefficient (Wildman–Crippen LogP) is 2.64. The number of nitrogens with one attached hydrogen (secondary N) is 1. The van der Waals surface area contributed by atoms with E-state index >= 15 is 0 Å². The normalized spacial score (nSPS) is 11.4. The smallest absolute Gasteiger partial charge is 0.408 e. The lowest BCUT2D eigenvalue weighted by Gasteiger charge is -2.18. The lowest BCUT2D eigenvalue weighted by atomic mass is 10.2. The Kier molecular flexibility index (Phi) is 5.46. The Balaban J connectivity index is 1.75. The first-order valence-electron chi connectivity index (χ1n) is 9.91. The maximum absolute atomic E-state index is 13.1. The van der Waals surface area contributed by atoms with Crippen LogP contribution in [0.4, 0.5) is 4.79 Å². The van der Waals surface area contributed by atoms with Gasteiger partial charge in [-0.3, -0.25) is 14.3 Å². The summed E-state index contributed by atoms with van der Waals surface area (Å²) in [5.41, 5.74) is 1.39. The van der Waals surface area contributed by atoms with Gasteiger partial charge in [-0.2, -0.15) is 0 Å². The van der Waals surface area contributed by atoms with Crippen molar-refractivity contribution in [3.8, 4) is 0 Å². The minimum atomic E-state index is -1.10. The van der Waals surface area contributed by atoms with Gasteiger partial charge in [-0.15, -0.1) is 10.2 Å². The average Bonchev–Trinajstić information content (AvgIpc) is 3.39. The first-order valence-corrected chi connectivity index (χ1v) is 9.91. The topological polar surface area (TPSA) is 121 Å². The quantitative estimate of drug-likeness (QED) is 0.432. The van der Waals surface area contributed by atoms with E-state index in [4.69, 9.17) is 0 Å². The Labute approximate surface area is 171 Å². The van der Waals surface area contributed by atoms with Gasteiger partial charge in [-0.25, -0.2) is 14.2 Å². The number of fused-ring (bicyclic) bond motifs is 2. The number of carboxylic acid groups (broad SMARTS) is 1. The fourth-order valence-electron chi connectivity index (χ4n) is 3.54. The molecule has 3 heterocycles. The van der Waals surface area contributed by atoms with Crippen molar-refractivity contribution in [1.29, 1.82) is 0 Å². The Morgan fingerprint density at radius 1 is 1.17 bits per heavy atom. The van der Waals surface area contributed by atoms with Crippen LogP contribution in [0.1, 0.15) is 37.6 Å². The standard InChI is InChI=1S/C20H23N7O3/c1-2-3-7-10-26-17-16(21-13-22-17)18(28)27-15(23-24-19(26)27)12-25(20(29)30)11-14-8-5-4-6-9-14/h4-6,8-9,13H,2-3,7,10-12H2,1H3,(H,21,22)(H,29,30). The van der Waals surface area contributed by atoms with E-state index in [0.717, 1.165) is 24.8 Å². The summed E-state index contributed by atoms with van der Waals surface area (Å²) >= 11 is 0. The van der Waals surface area contributed by atoms with E-state index in [1.807, 2.05) is 34.9 Å².